The van der Waals surface area contributed by atoms with Gasteiger partial charge in [0.25, 0.3) is 0 Å². The number of furan rings is 1. The molecule has 1 N–H and O–H groups in total. The van der Waals surface area contributed by atoms with Gasteiger partial charge in [-0.15, -0.1) is 0 Å². The van der Waals surface area contributed by atoms with Gasteiger partial charge < -0.3 is 14.3 Å². The molecule has 0 bridgehead atoms. The molecule has 0 aliphatic carbocycles. The molecule has 0 amide bonds. The predicted octanol–water partition coefficient (Wildman–Crippen LogP) is 3.63. The Morgan fingerprint density at radius 2 is 2.17 bits per heavy atom. The molecule has 0 unspecified atom stereocenters. The van der Waals surface area contributed by atoms with Crippen molar-refractivity contribution in [3.05, 3.63) is 51.9 Å². The summed E-state index contributed by atoms with van der Waals surface area (Å²) in [6.45, 7) is 1.98. The molecule has 4 nitrogen and oxygen atoms in total. The summed E-state index contributed by atoms with van der Waals surface area (Å²) in [6, 6.07) is 8.94. The molecule has 0 atom stereocenters. The van der Waals surface area contributed by atoms with Crippen LogP contribution in [0.2, 0.25) is 0 Å². The van der Waals surface area contributed by atoms with Crippen molar-refractivity contribution in [1.29, 1.82) is 0 Å². The molecule has 0 fully saturated rings. The Kier molecular flexibility index (Phi) is 3.72. The standard InChI is InChI=1S/C13H11BrO4/c1-8-9(6-12(18-8)13(15)16)7-17-11-5-3-2-4-10(11)14/h2-6H,7H2,1H3,(H,15,16). The number of carboxylic acids is 1. The molecule has 0 saturated carbocycles. The summed E-state index contributed by atoms with van der Waals surface area (Å²) >= 11 is 3.37. The Bertz CT molecular complexity index is 574. The number of carbonyl (C=O) groups is 1. The Balaban J connectivity index is 2.11. The lowest BCUT2D eigenvalue weighted by Crippen LogP contribution is -1.96. The van der Waals surface area contributed by atoms with Crippen LogP contribution in [0, 0.1) is 6.92 Å². The second-order valence-corrected chi connectivity index (χ2v) is 4.57. The van der Waals surface area contributed by atoms with Crippen molar-refractivity contribution < 1.29 is 19.1 Å². The lowest BCUT2D eigenvalue weighted by atomic mass is 10.2. The van der Waals surface area contributed by atoms with E-state index < -0.39 is 5.97 Å². The SMILES string of the molecule is Cc1oc(C(=O)O)cc1COc1ccccc1Br. The molecule has 5 heteroatoms. The van der Waals surface area contributed by atoms with Crippen molar-refractivity contribution in [1.82, 2.24) is 0 Å². The summed E-state index contributed by atoms with van der Waals surface area (Å²) in [4.78, 5) is 10.8. The van der Waals surface area contributed by atoms with E-state index in [9.17, 15) is 4.79 Å². The van der Waals surface area contributed by atoms with Gasteiger partial charge in [-0.05, 0) is 41.1 Å². The summed E-state index contributed by atoms with van der Waals surface area (Å²) in [6.07, 6.45) is 0. The van der Waals surface area contributed by atoms with Gasteiger partial charge in [0.15, 0.2) is 0 Å². The number of halogens is 1. The number of rotatable bonds is 4. The predicted molar refractivity (Wildman–Crippen MR) is 68.9 cm³/mol. The van der Waals surface area contributed by atoms with E-state index >= 15 is 0 Å². The van der Waals surface area contributed by atoms with Gasteiger partial charge in [0.05, 0.1) is 4.47 Å². The summed E-state index contributed by atoms with van der Waals surface area (Å²) in [5.74, 6) is 0.109. The molecule has 18 heavy (non-hydrogen) atoms. The lowest BCUT2D eigenvalue weighted by Gasteiger charge is -2.06. The highest BCUT2D eigenvalue weighted by Crippen LogP contribution is 2.25. The minimum Gasteiger partial charge on any atom is -0.488 e. The number of carboxylic acid groups (broad SMARTS) is 1. The number of ether oxygens (including phenoxy) is 1. The maximum absolute atomic E-state index is 10.8. The van der Waals surface area contributed by atoms with Crippen LogP contribution in [0.4, 0.5) is 0 Å². The van der Waals surface area contributed by atoms with Gasteiger partial charge in [-0.3, -0.25) is 0 Å². The lowest BCUT2D eigenvalue weighted by molar-refractivity contribution is 0.0661. The van der Waals surface area contributed by atoms with Crippen molar-refractivity contribution in [3.63, 3.8) is 0 Å². The van der Waals surface area contributed by atoms with E-state index in [1.807, 2.05) is 24.3 Å². The fourth-order valence-electron chi connectivity index (χ4n) is 1.49. The van der Waals surface area contributed by atoms with Crippen LogP contribution in [0.15, 0.2) is 39.2 Å². The number of hydrogen-bond acceptors (Lipinski definition) is 3. The summed E-state index contributed by atoms with van der Waals surface area (Å²) in [5.41, 5.74) is 0.725. The van der Waals surface area contributed by atoms with E-state index in [1.54, 1.807) is 6.92 Å². The fraction of sp³-hybridized carbons (Fsp3) is 0.154. The Labute approximate surface area is 112 Å². The van der Waals surface area contributed by atoms with Crippen molar-refractivity contribution >= 4 is 21.9 Å². The third-order valence-electron chi connectivity index (χ3n) is 2.45. The molecule has 0 saturated heterocycles. The molecule has 1 heterocycles. The van der Waals surface area contributed by atoms with Crippen molar-refractivity contribution in [3.8, 4) is 5.75 Å². The Hall–Kier alpha value is -1.75. The number of aryl methyl sites for hydroxylation is 1. The van der Waals surface area contributed by atoms with Crippen LogP contribution in [0.25, 0.3) is 0 Å². The highest BCUT2D eigenvalue weighted by molar-refractivity contribution is 9.10. The molecular weight excluding hydrogens is 300 g/mol. The third kappa shape index (κ3) is 2.73. The van der Waals surface area contributed by atoms with Crippen LogP contribution < -0.4 is 4.74 Å². The topological polar surface area (TPSA) is 59.7 Å². The van der Waals surface area contributed by atoms with Crippen LogP contribution in [0.5, 0.6) is 5.75 Å². The summed E-state index contributed by atoms with van der Waals surface area (Å²) < 4.78 is 11.6. The summed E-state index contributed by atoms with van der Waals surface area (Å²) in [7, 11) is 0. The fourth-order valence-corrected chi connectivity index (χ4v) is 1.89. The first-order valence-electron chi connectivity index (χ1n) is 5.28. The third-order valence-corrected chi connectivity index (χ3v) is 3.11. The molecular formula is C13H11BrO4. The molecule has 1 aromatic heterocycles. The molecule has 94 valence electrons. The van der Waals surface area contributed by atoms with Gasteiger partial charge in [0.2, 0.25) is 5.76 Å². The second-order valence-electron chi connectivity index (χ2n) is 3.72. The van der Waals surface area contributed by atoms with E-state index in [1.165, 1.54) is 6.07 Å². The van der Waals surface area contributed by atoms with E-state index in [0.29, 0.717) is 11.5 Å². The number of benzene rings is 1. The zero-order chi connectivity index (χ0) is 13.1. The highest BCUT2D eigenvalue weighted by atomic mass is 79.9. The monoisotopic (exact) mass is 310 g/mol. The van der Waals surface area contributed by atoms with Gasteiger partial charge >= 0.3 is 5.97 Å². The molecule has 0 aliphatic heterocycles. The second kappa shape index (κ2) is 5.27. The van der Waals surface area contributed by atoms with E-state index in [2.05, 4.69) is 15.9 Å². The van der Waals surface area contributed by atoms with E-state index in [4.69, 9.17) is 14.3 Å². The normalized spacial score (nSPS) is 10.3. The first-order chi connectivity index (χ1) is 8.58. The van der Waals surface area contributed by atoms with E-state index in [-0.39, 0.29) is 12.4 Å². The van der Waals surface area contributed by atoms with Crippen LogP contribution in [0.1, 0.15) is 21.9 Å². The van der Waals surface area contributed by atoms with Gasteiger partial charge in [-0.25, -0.2) is 4.79 Å². The summed E-state index contributed by atoms with van der Waals surface area (Å²) in [5, 5.41) is 8.81. The Morgan fingerprint density at radius 3 is 2.78 bits per heavy atom. The van der Waals surface area contributed by atoms with Crippen LogP contribution in [-0.4, -0.2) is 11.1 Å². The number of hydrogen-bond donors (Lipinski definition) is 1. The van der Waals surface area contributed by atoms with Crippen LogP contribution >= 0.6 is 15.9 Å². The van der Waals surface area contributed by atoms with E-state index in [0.717, 1.165) is 10.0 Å². The van der Waals surface area contributed by atoms with Crippen molar-refractivity contribution in [2.75, 3.05) is 0 Å². The van der Waals surface area contributed by atoms with Gasteiger partial charge in [0.1, 0.15) is 18.1 Å². The van der Waals surface area contributed by atoms with Crippen molar-refractivity contribution in [2.24, 2.45) is 0 Å². The van der Waals surface area contributed by atoms with Crippen LogP contribution in [-0.2, 0) is 6.61 Å². The molecule has 2 aromatic rings. The van der Waals surface area contributed by atoms with Crippen molar-refractivity contribution in [2.45, 2.75) is 13.5 Å². The minimum atomic E-state index is -1.08. The average Bonchev–Trinajstić information content (AvgIpc) is 2.70. The first kappa shape index (κ1) is 12.7. The molecule has 0 spiro atoms. The zero-order valence-corrected chi connectivity index (χ0v) is 11.2. The Morgan fingerprint density at radius 1 is 1.44 bits per heavy atom. The van der Waals surface area contributed by atoms with Gasteiger partial charge in [0, 0.05) is 5.56 Å². The molecule has 0 radical (unpaired) electrons. The quantitative estimate of drug-likeness (QED) is 0.936. The molecule has 1 aromatic carbocycles. The maximum Gasteiger partial charge on any atom is 0.371 e. The zero-order valence-electron chi connectivity index (χ0n) is 9.64. The largest absolute Gasteiger partial charge is 0.488 e. The van der Waals surface area contributed by atoms with Gasteiger partial charge in [-0.2, -0.15) is 0 Å². The highest BCUT2D eigenvalue weighted by Gasteiger charge is 2.13. The maximum atomic E-state index is 10.8. The first-order valence-corrected chi connectivity index (χ1v) is 6.07. The van der Waals surface area contributed by atoms with Crippen LogP contribution in [0.3, 0.4) is 0 Å². The average molecular weight is 311 g/mol. The minimum absolute atomic E-state index is 0.0711. The molecule has 2 rings (SSSR count). The number of para-hydroxylation sites is 1. The number of aromatic carboxylic acids is 1. The smallest absolute Gasteiger partial charge is 0.371 e. The molecule has 0 aliphatic rings. The van der Waals surface area contributed by atoms with Gasteiger partial charge in [-0.1, -0.05) is 12.1 Å².